The number of carbonyl (C=O) groups is 3. The molecule has 63 heavy (non-hydrogen) atoms. The molecule has 3 aromatic heterocycles. The minimum Gasteiger partial charge on any atom is -0.505 e. The van der Waals surface area contributed by atoms with Crippen LogP contribution >= 0.6 is 0 Å². The summed E-state index contributed by atoms with van der Waals surface area (Å²) in [6, 6.07) is 27.6. The fourth-order valence-corrected chi connectivity index (χ4v) is 6.65. The van der Waals surface area contributed by atoms with Crippen molar-refractivity contribution in [1.29, 1.82) is 10.5 Å². The highest BCUT2D eigenvalue weighted by Crippen LogP contribution is 2.27. The largest absolute Gasteiger partial charge is 0.505 e. The van der Waals surface area contributed by atoms with Crippen LogP contribution in [0.2, 0.25) is 0 Å². The van der Waals surface area contributed by atoms with Gasteiger partial charge in [0.05, 0.1) is 41.9 Å². The van der Waals surface area contributed by atoms with Gasteiger partial charge in [-0.15, -0.1) is 0 Å². The lowest BCUT2D eigenvalue weighted by atomic mass is 9.99. The predicted octanol–water partition coefficient (Wildman–Crippen LogP) is 5.58. The van der Waals surface area contributed by atoms with Gasteiger partial charge in [-0.3, -0.25) is 14.4 Å². The maximum atomic E-state index is 12.4. The Morgan fingerprint density at radius 1 is 0.619 bits per heavy atom. The first-order chi connectivity index (χ1) is 30.3. The van der Waals surface area contributed by atoms with Crippen LogP contribution in [0.5, 0.6) is 5.75 Å². The Labute approximate surface area is 358 Å². The number of fused-ring (bicyclic) bond motifs is 3. The van der Waals surface area contributed by atoms with Gasteiger partial charge < -0.3 is 39.7 Å². The predicted molar refractivity (Wildman–Crippen MR) is 233 cm³/mol. The van der Waals surface area contributed by atoms with Gasteiger partial charge in [0.15, 0.2) is 16.3 Å². The number of phenols is 1. The quantitative estimate of drug-likeness (QED) is 0.0919. The van der Waals surface area contributed by atoms with Crippen molar-refractivity contribution in [2.45, 2.75) is 39.0 Å². The second-order valence-electron chi connectivity index (χ2n) is 13.9. The Balaban J connectivity index is 0.000000181. The van der Waals surface area contributed by atoms with E-state index in [0.29, 0.717) is 57.8 Å². The van der Waals surface area contributed by atoms with Crippen molar-refractivity contribution in [3.05, 3.63) is 166 Å². The van der Waals surface area contributed by atoms with E-state index in [4.69, 9.17) is 15.5 Å². The molecule has 4 aromatic carbocycles. The van der Waals surface area contributed by atoms with Crippen molar-refractivity contribution >= 4 is 50.6 Å². The summed E-state index contributed by atoms with van der Waals surface area (Å²) >= 11 is 0. The van der Waals surface area contributed by atoms with Crippen LogP contribution in [0.25, 0.3) is 32.7 Å². The van der Waals surface area contributed by atoms with Crippen LogP contribution < -0.4 is 16.3 Å². The Hall–Kier alpha value is -8.34. The molecule has 0 bridgehead atoms. The van der Waals surface area contributed by atoms with E-state index in [-0.39, 0.29) is 51.2 Å². The van der Waals surface area contributed by atoms with Crippen LogP contribution in [-0.4, -0.2) is 69.0 Å². The minimum atomic E-state index is -1.26. The number of aromatic amines is 3. The van der Waals surface area contributed by atoms with Gasteiger partial charge in [-0.05, 0) is 84.7 Å². The number of methoxy groups -OCH3 is 2. The molecule has 7 rings (SSSR count). The standard InChI is InChI=1S/C20H16N2O3.C14H12N2O3.C13H13NO5/c1-25-20(24)17-11-18(23)16-10-14(9-15(12-21)19(16)22-17)8-7-13-5-3-2-4-6-13;1-3-8-4-9(7-15)13-10(5-8)12(17)6-11(16-13)14(18)19-2;15-5-1-2-7-3-4-8-10(16)6-9(13(18)19)14-11(8)12(7)17/h2-6,9-11H,7-8H2,1H3,(H,22,23);4-6H,3H2,1-2H3,(H,16,17);3-4,6,15,17H,1-2,5H2,(H,14,16)(H,18,19). The smallest absolute Gasteiger partial charge is 0.354 e. The average Bonchev–Trinajstić information content (AvgIpc) is 3.30. The number of aromatic hydroxyl groups is 1. The van der Waals surface area contributed by atoms with E-state index < -0.39 is 23.3 Å². The van der Waals surface area contributed by atoms with E-state index in [1.165, 1.54) is 38.0 Å². The number of carbonyl (C=O) groups excluding carboxylic acids is 2. The molecule has 0 fully saturated rings. The number of rotatable bonds is 10. The van der Waals surface area contributed by atoms with Gasteiger partial charge in [0.25, 0.3) is 0 Å². The molecule has 16 nitrogen and oxygen atoms in total. The molecule has 3 heterocycles. The molecule has 0 atom stereocenters. The number of ether oxygens (including phenoxy) is 2. The maximum absolute atomic E-state index is 12.4. The van der Waals surface area contributed by atoms with E-state index in [9.17, 15) is 39.1 Å². The summed E-state index contributed by atoms with van der Waals surface area (Å²) in [5.74, 6) is -2.69. The van der Waals surface area contributed by atoms with Crippen molar-refractivity contribution in [3.63, 3.8) is 0 Å². The van der Waals surface area contributed by atoms with Crippen LogP contribution in [0.4, 0.5) is 0 Å². The molecule has 0 amide bonds. The normalized spacial score (nSPS) is 10.4. The van der Waals surface area contributed by atoms with Gasteiger partial charge in [0.1, 0.15) is 35.0 Å². The zero-order valence-corrected chi connectivity index (χ0v) is 34.3. The number of nitrogens with one attached hydrogen (secondary N) is 3. The van der Waals surface area contributed by atoms with Crippen LogP contribution in [-0.2, 0) is 35.2 Å². The molecule has 0 aliphatic carbocycles. The summed E-state index contributed by atoms with van der Waals surface area (Å²) in [7, 11) is 2.47. The molecule has 0 spiro atoms. The second kappa shape index (κ2) is 20.8. The number of H-pyrrole nitrogens is 3. The molecule has 16 heteroatoms. The number of nitriles is 2. The first-order valence-corrected chi connectivity index (χ1v) is 19.4. The van der Waals surface area contributed by atoms with Crippen molar-refractivity contribution in [3.8, 4) is 17.9 Å². The van der Waals surface area contributed by atoms with Crippen molar-refractivity contribution in [2.75, 3.05) is 20.8 Å². The Morgan fingerprint density at radius 2 is 1.11 bits per heavy atom. The third-order valence-electron chi connectivity index (χ3n) is 9.90. The lowest BCUT2D eigenvalue weighted by Gasteiger charge is -2.08. The number of phenolic OH excluding ortho intramolecular Hbond substituents is 1. The highest BCUT2D eigenvalue weighted by molar-refractivity contribution is 5.94. The molecule has 7 aromatic rings. The number of aromatic nitrogens is 3. The zero-order chi connectivity index (χ0) is 45.8. The lowest BCUT2D eigenvalue weighted by molar-refractivity contribution is 0.0585. The van der Waals surface area contributed by atoms with E-state index in [1.807, 2.05) is 43.3 Å². The first-order valence-electron chi connectivity index (χ1n) is 19.4. The summed E-state index contributed by atoms with van der Waals surface area (Å²) < 4.78 is 9.20. The molecule has 0 unspecified atom stereocenters. The van der Waals surface area contributed by atoms with Gasteiger partial charge in [0.2, 0.25) is 0 Å². The Morgan fingerprint density at radius 3 is 1.62 bits per heavy atom. The summed E-state index contributed by atoms with van der Waals surface area (Å²) in [6.45, 7) is 1.93. The molecule has 320 valence electrons. The summed E-state index contributed by atoms with van der Waals surface area (Å²) in [5.41, 5.74) is 3.80. The molecular weight excluding hydrogens is 811 g/mol. The summed E-state index contributed by atoms with van der Waals surface area (Å²) in [5, 5.41) is 47.3. The highest BCUT2D eigenvalue weighted by atomic mass is 16.5. The van der Waals surface area contributed by atoms with Gasteiger partial charge >= 0.3 is 17.9 Å². The minimum absolute atomic E-state index is 0.0108. The molecule has 0 aliphatic heterocycles. The molecule has 0 saturated heterocycles. The van der Waals surface area contributed by atoms with Gasteiger partial charge in [0, 0.05) is 41.0 Å². The number of hydrogen-bond donors (Lipinski definition) is 6. The van der Waals surface area contributed by atoms with E-state index >= 15 is 0 Å². The number of aryl methyl sites for hydroxylation is 4. The Bertz CT molecular complexity index is 3140. The van der Waals surface area contributed by atoms with Crippen LogP contribution in [0, 0.1) is 22.7 Å². The van der Waals surface area contributed by atoms with Crippen LogP contribution in [0.1, 0.15) is 78.2 Å². The number of carboxylic acid groups (broad SMARTS) is 1. The summed E-state index contributed by atoms with van der Waals surface area (Å²) in [6.07, 6.45) is 3.17. The third kappa shape index (κ3) is 10.7. The number of carboxylic acids is 1. The number of nitrogens with zero attached hydrogens (tertiary/aromatic N) is 2. The monoisotopic (exact) mass is 851 g/mol. The van der Waals surface area contributed by atoms with Crippen LogP contribution in [0.3, 0.4) is 0 Å². The number of benzene rings is 4. The summed E-state index contributed by atoms with van der Waals surface area (Å²) in [4.78, 5) is 78.3. The van der Waals surface area contributed by atoms with E-state index in [2.05, 4.69) is 30.5 Å². The number of pyridine rings is 3. The van der Waals surface area contributed by atoms with Gasteiger partial charge in [-0.2, -0.15) is 10.5 Å². The van der Waals surface area contributed by atoms with Crippen molar-refractivity contribution < 1.29 is 39.2 Å². The lowest BCUT2D eigenvalue weighted by Crippen LogP contribution is -2.12. The number of aromatic carboxylic acids is 1. The average molecular weight is 852 g/mol. The van der Waals surface area contributed by atoms with Crippen molar-refractivity contribution in [2.24, 2.45) is 0 Å². The maximum Gasteiger partial charge on any atom is 0.354 e. The second-order valence-corrected chi connectivity index (χ2v) is 13.9. The number of hydrogen-bond acceptors (Lipinski definition) is 12. The van der Waals surface area contributed by atoms with Gasteiger partial charge in [-0.1, -0.05) is 43.3 Å². The van der Waals surface area contributed by atoms with Crippen LogP contribution in [0.15, 0.2) is 99.3 Å². The van der Waals surface area contributed by atoms with E-state index in [1.54, 1.807) is 30.3 Å². The van der Waals surface area contributed by atoms with Gasteiger partial charge in [-0.25, -0.2) is 14.4 Å². The fourth-order valence-electron chi connectivity index (χ4n) is 6.65. The third-order valence-corrected chi connectivity index (χ3v) is 9.90. The fraction of sp³-hybridized carbons (Fsp3) is 0.191. The molecule has 0 saturated carbocycles. The number of esters is 2. The number of aliphatic hydroxyl groups excluding tert-OH is 1. The van der Waals surface area contributed by atoms with E-state index in [0.717, 1.165) is 30.0 Å². The molecule has 0 radical (unpaired) electrons. The first kappa shape index (κ1) is 45.7. The Kier molecular flexibility index (Phi) is 15.1. The molecular formula is C47H41N5O11. The number of aliphatic hydroxyl groups is 1. The van der Waals surface area contributed by atoms with Crippen molar-refractivity contribution in [1.82, 2.24) is 15.0 Å². The SMILES string of the molecule is CCc1cc(C#N)c2[nH]c(C(=O)OC)cc(=O)c2c1.COC(=O)c1cc(=O)c2cc(CCc3ccccc3)cc(C#N)c2[nH]1.O=C(O)c1cc(=O)c2ccc(CCCO)c(O)c2[nH]1. The zero-order valence-electron chi connectivity index (χ0n) is 34.3. The molecule has 0 aliphatic rings. The molecule has 6 N–H and O–H groups in total. The highest BCUT2D eigenvalue weighted by Gasteiger charge is 2.16. The topological polar surface area (TPSA) is 277 Å².